The summed E-state index contributed by atoms with van der Waals surface area (Å²) in [5.74, 6) is 2.25. The third kappa shape index (κ3) is 2.12. The van der Waals surface area contributed by atoms with E-state index in [1.807, 2.05) is 18.2 Å². The van der Waals surface area contributed by atoms with Gasteiger partial charge in [0.05, 0.1) is 6.61 Å². The molecule has 2 atom stereocenters. The van der Waals surface area contributed by atoms with Crippen molar-refractivity contribution in [1.29, 1.82) is 0 Å². The molecule has 4 nitrogen and oxygen atoms in total. The van der Waals surface area contributed by atoms with Crippen LogP contribution in [0.5, 0.6) is 5.75 Å². The first kappa shape index (κ1) is 11.7. The highest BCUT2D eigenvalue weighted by atomic mass is 35.5. The number of hydrogen-bond donors (Lipinski definition) is 1. The van der Waals surface area contributed by atoms with E-state index in [1.54, 1.807) is 6.07 Å². The number of amides is 1. The van der Waals surface area contributed by atoms with Gasteiger partial charge in [-0.05, 0) is 30.0 Å². The van der Waals surface area contributed by atoms with Crippen molar-refractivity contribution in [1.82, 2.24) is 4.90 Å². The Morgan fingerprint density at radius 2 is 2.17 bits per heavy atom. The molecular formula is C13H14ClNO3. The predicted octanol–water partition coefficient (Wildman–Crippen LogP) is 2.57. The summed E-state index contributed by atoms with van der Waals surface area (Å²) in [6.45, 7) is 1.97. The zero-order chi connectivity index (χ0) is 12.7. The van der Waals surface area contributed by atoms with Gasteiger partial charge in [0.25, 0.3) is 0 Å². The number of ether oxygens (including phenoxy) is 1. The summed E-state index contributed by atoms with van der Waals surface area (Å²) < 4.78 is 5.69. The van der Waals surface area contributed by atoms with E-state index in [2.05, 4.69) is 0 Å². The van der Waals surface area contributed by atoms with Gasteiger partial charge in [-0.25, -0.2) is 4.79 Å². The van der Waals surface area contributed by atoms with Crippen LogP contribution in [0.2, 0.25) is 5.02 Å². The fourth-order valence-electron chi connectivity index (χ4n) is 2.80. The SMILES string of the molecule is O=C(O)N1CC2C(COc3cccc(Cl)c3)C2C1. The maximum Gasteiger partial charge on any atom is 0.407 e. The van der Waals surface area contributed by atoms with Crippen LogP contribution in [0.3, 0.4) is 0 Å². The Morgan fingerprint density at radius 1 is 1.44 bits per heavy atom. The van der Waals surface area contributed by atoms with Crippen molar-refractivity contribution in [3.05, 3.63) is 29.3 Å². The molecule has 5 heteroatoms. The normalized spacial score (nSPS) is 28.9. The van der Waals surface area contributed by atoms with Crippen molar-refractivity contribution in [3.8, 4) is 5.75 Å². The molecule has 2 unspecified atom stereocenters. The summed E-state index contributed by atoms with van der Waals surface area (Å²) in [4.78, 5) is 12.3. The Bertz CT molecular complexity index is 467. The van der Waals surface area contributed by atoms with Gasteiger partial charge in [-0.1, -0.05) is 17.7 Å². The third-order valence-electron chi connectivity index (χ3n) is 3.88. The summed E-state index contributed by atoms with van der Waals surface area (Å²) in [6, 6.07) is 7.35. The van der Waals surface area contributed by atoms with E-state index in [-0.39, 0.29) is 0 Å². The minimum Gasteiger partial charge on any atom is -0.493 e. The number of piperidine rings is 1. The third-order valence-corrected chi connectivity index (χ3v) is 4.12. The highest BCUT2D eigenvalue weighted by Crippen LogP contribution is 2.51. The van der Waals surface area contributed by atoms with E-state index in [9.17, 15) is 4.79 Å². The van der Waals surface area contributed by atoms with Crippen LogP contribution in [0.1, 0.15) is 0 Å². The molecule has 96 valence electrons. The predicted molar refractivity (Wildman–Crippen MR) is 67.0 cm³/mol. The van der Waals surface area contributed by atoms with Gasteiger partial charge in [0, 0.05) is 24.0 Å². The number of hydrogen-bond acceptors (Lipinski definition) is 2. The second kappa shape index (κ2) is 4.35. The van der Waals surface area contributed by atoms with Gasteiger partial charge < -0.3 is 14.7 Å². The highest BCUT2D eigenvalue weighted by Gasteiger charge is 2.56. The molecule has 2 fully saturated rings. The first-order valence-corrected chi connectivity index (χ1v) is 6.39. The number of fused-ring (bicyclic) bond motifs is 1. The molecule has 3 rings (SSSR count). The van der Waals surface area contributed by atoms with Crippen LogP contribution in [0, 0.1) is 17.8 Å². The molecule has 1 aliphatic carbocycles. The Morgan fingerprint density at radius 3 is 2.78 bits per heavy atom. The molecule has 1 aromatic rings. The molecule has 18 heavy (non-hydrogen) atoms. The number of carboxylic acid groups (broad SMARTS) is 1. The molecule has 1 saturated carbocycles. The lowest BCUT2D eigenvalue weighted by molar-refractivity contribution is 0.145. The zero-order valence-corrected chi connectivity index (χ0v) is 10.5. The first-order valence-electron chi connectivity index (χ1n) is 6.01. The van der Waals surface area contributed by atoms with E-state index in [1.165, 1.54) is 4.90 Å². The van der Waals surface area contributed by atoms with Gasteiger partial charge in [-0.2, -0.15) is 0 Å². The molecule has 1 N–H and O–H groups in total. The number of likely N-dealkylation sites (tertiary alicyclic amines) is 1. The van der Waals surface area contributed by atoms with Crippen LogP contribution < -0.4 is 4.74 Å². The largest absolute Gasteiger partial charge is 0.493 e. The summed E-state index contributed by atoms with van der Waals surface area (Å²) in [5, 5.41) is 9.52. The number of benzene rings is 1. The standard InChI is InChI=1S/C13H14ClNO3/c14-8-2-1-3-9(4-8)18-7-12-10-5-15(13(16)17)6-11(10)12/h1-4,10-12H,5-7H2,(H,16,17). The van der Waals surface area contributed by atoms with Crippen molar-refractivity contribution in [3.63, 3.8) is 0 Å². The van der Waals surface area contributed by atoms with Gasteiger partial charge >= 0.3 is 6.09 Å². The smallest absolute Gasteiger partial charge is 0.407 e. The van der Waals surface area contributed by atoms with Crippen LogP contribution in [0.25, 0.3) is 0 Å². The molecule has 0 aromatic heterocycles. The zero-order valence-electron chi connectivity index (χ0n) is 9.75. The lowest BCUT2D eigenvalue weighted by Crippen LogP contribution is -2.30. The van der Waals surface area contributed by atoms with Crippen molar-refractivity contribution in [2.45, 2.75) is 0 Å². The van der Waals surface area contributed by atoms with E-state index in [0.717, 1.165) is 5.75 Å². The van der Waals surface area contributed by atoms with Crippen molar-refractivity contribution < 1.29 is 14.6 Å². The topological polar surface area (TPSA) is 49.8 Å². The Balaban J connectivity index is 1.49. The molecule has 1 heterocycles. The van der Waals surface area contributed by atoms with Crippen molar-refractivity contribution >= 4 is 17.7 Å². The second-order valence-electron chi connectivity index (χ2n) is 4.95. The van der Waals surface area contributed by atoms with Crippen LogP contribution in [0.4, 0.5) is 4.79 Å². The van der Waals surface area contributed by atoms with E-state index >= 15 is 0 Å². The number of halogens is 1. The number of carbonyl (C=O) groups is 1. The van der Waals surface area contributed by atoms with Crippen LogP contribution in [0.15, 0.2) is 24.3 Å². The first-order chi connectivity index (χ1) is 8.65. The van der Waals surface area contributed by atoms with E-state index in [4.69, 9.17) is 21.4 Å². The highest BCUT2D eigenvalue weighted by molar-refractivity contribution is 6.30. The quantitative estimate of drug-likeness (QED) is 0.916. The number of rotatable bonds is 3. The van der Waals surface area contributed by atoms with Gasteiger partial charge in [-0.15, -0.1) is 0 Å². The Hall–Kier alpha value is -1.42. The van der Waals surface area contributed by atoms with E-state index < -0.39 is 6.09 Å². The van der Waals surface area contributed by atoms with Crippen LogP contribution in [-0.2, 0) is 0 Å². The second-order valence-corrected chi connectivity index (χ2v) is 5.38. The molecule has 1 saturated heterocycles. The summed E-state index contributed by atoms with van der Waals surface area (Å²) >= 11 is 5.87. The average molecular weight is 268 g/mol. The van der Waals surface area contributed by atoms with Crippen LogP contribution >= 0.6 is 11.6 Å². The molecule has 1 aromatic carbocycles. The van der Waals surface area contributed by atoms with Crippen molar-refractivity contribution in [2.24, 2.45) is 17.8 Å². The number of nitrogens with zero attached hydrogens (tertiary/aromatic N) is 1. The fourth-order valence-corrected chi connectivity index (χ4v) is 2.98. The molecule has 1 aliphatic heterocycles. The van der Waals surface area contributed by atoms with Gasteiger partial charge in [0.15, 0.2) is 0 Å². The lowest BCUT2D eigenvalue weighted by atomic mass is 10.3. The summed E-state index contributed by atoms with van der Waals surface area (Å²) in [7, 11) is 0. The molecular weight excluding hydrogens is 254 g/mol. The van der Waals surface area contributed by atoms with Gasteiger partial charge in [-0.3, -0.25) is 0 Å². The van der Waals surface area contributed by atoms with E-state index in [0.29, 0.717) is 42.5 Å². The molecule has 0 radical (unpaired) electrons. The maximum absolute atomic E-state index is 10.8. The molecule has 0 spiro atoms. The molecule has 2 aliphatic rings. The Kier molecular flexibility index (Phi) is 2.82. The van der Waals surface area contributed by atoms with Gasteiger partial charge in [0.1, 0.15) is 5.75 Å². The van der Waals surface area contributed by atoms with Crippen LogP contribution in [-0.4, -0.2) is 35.8 Å². The maximum atomic E-state index is 10.8. The minimum absolute atomic E-state index is 0.486. The van der Waals surface area contributed by atoms with Gasteiger partial charge in [0.2, 0.25) is 0 Å². The Labute approximate surface area is 110 Å². The summed E-state index contributed by atoms with van der Waals surface area (Å²) in [5.41, 5.74) is 0. The summed E-state index contributed by atoms with van der Waals surface area (Å²) in [6.07, 6.45) is -0.809. The average Bonchev–Trinajstić information content (AvgIpc) is 2.79. The molecule has 0 bridgehead atoms. The minimum atomic E-state index is -0.809. The monoisotopic (exact) mass is 267 g/mol. The molecule has 1 amide bonds. The fraction of sp³-hybridized carbons (Fsp3) is 0.462. The van der Waals surface area contributed by atoms with Crippen molar-refractivity contribution in [2.75, 3.05) is 19.7 Å². The lowest BCUT2D eigenvalue weighted by Gasteiger charge is -2.16.